The Labute approximate surface area is 134 Å². The van der Waals surface area contributed by atoms with E-state index in [1.165, 1.54) is 29.2 Å². The van der Waals surface area contributed by atoms with E-state index in [0.717, 1.165) is 6.08 Å². The van der Waals surface area contributed by atoms with E-state index >= 15 is 0 Å². The van der Waals surface area contributed by atoms with Gasteiger partial charge in [-0.2, -0.15) is 0 Å². The van der Waals surface area contributed by atoms with Crippen LogP contribution in [0.25, 0.3) is 0 Å². The summed E-state index contributed by atoms with van der Waals surface area (Å²) < 4.78 is 12.9. The second kappa shape index (κ2) is 9.07. The molecule has 0 bridgehead atoms. The average molecular weight is 322 g/mol. The summed E-state index contributed by atoms with van der Waals surface area (Å²) in [6, 6.07) is 5.49. The van der Waals surface area contributed by atoms with Gasteiger partial charge in [0.1, 0.15) is 5.82 Å². The molecule has 1 rings (SSSR count). The molecule has 1 atom stereocenters. The highest BCUT2D eigenvalue weighted by molar-refractivity contribution is 6.43. The molecule has 0 saturated carbocycles. The lowest BCUT2D eigenvalue weighted by molar-refractivity contribution is -0.132. The molecule has 0 radical (unpaired) electrons. The van der Waals surface area contributed by atoms with Crippen LogP contribution < -0.4 is 5.32 Å². The van der Waals surface area contributed by atoms with Crippen LogP contribution in [-0.2, 0) is 16.0 Å². The predicted molar refractivity (Wildman–Crippen MR) is 84.7 cm³/mol. The molecule has 0 fully saturated rings. The SMILES string of the molecule is C=CC(=O)N(CC)CC(=O)N[C@@H](Cc1ccc(F)cc1)B(O)O. The molecule has 6 nitrogen and oxygen atoms in total. The molecule has 0 aliphatic heterocycles. The highest BCUT2D eigenvalue weighted by Gasteiger charge is 2.26. The fourth-order valence-electron chi connectivity index (χ4n) is 2.01. The molecule has 0 saturated heterocycles. The molecule has 23 heavy (non-hydrogen) atoms. The lowest BCUT2D eigenvalue weighted by atomic mass is 9.76. The van der Waals surface area contributed by atoms with Gasteiger partial charge in [0.25, 0.3) is 0 Å². The standard InChI is InChI=1S/C15H20BFN2O4/c1-3-15(21)19(4-2)10-14(20)18-13(16(22)23)9-11-5-7-12(17)8-6-11/h3,5-8,13,22-23H,1,4,9-10H2,2H3,(H,18,20)/t13-/m0/s1. The quantitative estimate of drug-likeness (QED) is 0.460. The van der Waals surface area contributed by atoms with Crippen LogP contribution in [0.2, 0.25) is 0 Å². The second-order valence-corrected chi connectivity index (χ2v) is 4.97. The Morgan fingerprint density at radius 3 is 2.48 bits per heavy atom. The minimum Gasteiger partial charge on any atom is -0.426 e. The minimum atomic E-state index is -1.78. The number of nitrogens with one attached hydrogen (secondary N) is 1. The van der Waals surface area contributed by atoms with Gasteiger partial charge in [-0.3, -0.25) is 9.59 Å². The van der Waals surface area contributed by atoms with Gasteiger partial charge in [0, 0.05) is 6.54 Å². The Balaban J connectivity index is 2.68. The summed E-state index contributed by atoms with van der Waals surface area (Å²) in [6.07, 6.45) is 1.22. The molecular weight excluding hydrogens is 302 g/mol. The molecule has 0 heterocycles. The van der Waals surface area contributed by atoms with Crippen LogP contribution in [-0.4, -0.2) is 52.9 Å². The van der Waals surface area contributed by atoms with E-state index in [4.69, 9.17) is 0 Å². The van der Waals surface area contributed by atoms with Crippen LogP contribution in [0.3, 0.4) is 0 Å². The maximum absolute atomic E-state index is 12.9. The van der Waals surface area contributed by atoms with Crippen molar-refractivity contribution < 1.29 is 24.0 Å². The third kappa shape index (κ3) is 6.21. The van der Waals surface area contributed by atoms with Crippen molar-refractivity contribution in [1.29, 1.82) is 0 Å². The lowest BCUT2D eigenvalue weighted by Gasteiger charge is -2.22. The maximum atomic E-state index is 12.9. The molecule has 0 aliphatic carbocycles. The number of hydrogen-bond acceptors (Lipinski definition) is 4. The fourth-order valence-corrected chi connectivity index (χ4v) is 2.01. The van der Waals surface area contributed by atoms with Crippen LogP contribution in [0.5, 0.6) is 0 Å². The van der Waals surface area contributed by atoms with Crippen LogP contribution in [0.4, 0.5) is 4.39 Å². The van der Waals surface area contributed by atoms with Crippen LogP contribution in [0, 0.1) is 5.82 Å². The smallest absolute Gasteiger partial charge is 0.426 e. The Morgan fingerprint density at radius 1 is 1.39 bits per heavy atom. The number of hydrogen-bond donors (Lipinski definition) is 3. The van der Waals surface area contributed by atoms with Crippen molar-refractivity contribution >= 4 is 18.9 Å². The summed E-state index contributed by atoms with van der Waals surface area (Å²) in [5, 5.41) is 21.2. The van der Waals surface area contributed by atoms with E-state index in [0.29, 0.717) is 12.1 Å². The number of nitrogens with zero attached hydrogens (tertiary/aromatic N) is 1. The van der Waals surface area contributed by atoms with E-state index in [9.17, 15) is 24.0 Å². The van der Waals surface area contributed by atoms with Gasteiger partial charge < -0.3 is 20.3 Å². The number of amides is 2. The number of halogens is 1. The summed E-state index contributed by atoms with van der Waals surface area (Å²) in [7, 11) is -1.78. The van der Waals surface area contributed by atoms with Gasteiger partial charge in [-0.15, -0.1) is 0 Å². The zero-order chi connectivity index (χ0) is 17.4. The van der Waals surface area contributed by atoms with Crippen LogP contribution in [0.1, 0.15) is 12.5 Å². The van der Waals surface area contributed by atoms with E-state index in [1.54, 1.807) is 6.92 Å². The summed E-state index contributed by atoms with van der Waals surface area (Å²) in [5.41, 5.74) is 0.638. The van der Waals surface area contributed by atoms with Crippen molar-refractivity contribution in [3.63, 3.8) is 0 Å². The van der Waals surface area contributed by atoms with Crippen molar-refractivity contribution in [2.75, 3.05) is 13.1 Å². The molecule has 1 aromatic carbocycles. The third-order valence-corrected chi connectivity index (χ3v) is 3.28. The molecular formula is C15H20BFN2O4. The second-order valence-electron chi connectivity index (χ2n) is 4.97. The maximum Gasteiger partial charge on any atom is 0.475 e. The topological polar surface area (TPSA) is 89.9 Å². The molecule has 1 aromatic rings. The molecule has 0 aliphatic rings. The van der Waals surface area contributed by atoms with Crippen molar-refractivity contribution in [3.05, 3.63) is 48.3 Å². The molecule has 3 N–H and O–H groups in total. The summed E-state index contributed by atoms with van der Waals surface area (Å²) >= 11 is 0. The first-order valence-corrected chi connectivity index (χ1v) is 7.18. The first kappa shape index (κ1) is 18.9. The van der Waals surface area contributed by atoms with Gasteiger partial charge in [-0.25, -0.2) is 4.39 Å². The Kier molecular flexibility index (Phi) is 7.44. The van der Waals surface area contributed by atoms with Crippen molar-refractivity contribution in [3.8, 4) is 0 Å². The van der Waals surface area contributed by atoms with Gasteiger partial charge in [-0.1, -0.05) is 18.7 Å². The summed E-state index contributed by atoms with van der Waals surface area (Å²) in [5.74, 6) is -2.28. The number of benzene rings is 1. The largest absolute Gasteiger partial charge is 0.475 e. The number of rotatable bonds is 8. The highest BCUT2D eigenvalue weighted by Crippen LogP contribution is 2.07. The third-order valence-electron chi connectivity index (χ3n) is 3.28. The van der Waals surface area contributed by atoms with Crippen LogP contribution >= 0.6 is 0 Å². The minimum absolute atomic E-state index is 0.116. The van der Waals surface area contributed by atoms with Gasteiger partial charge in [0.2, 0.25) is 11.8 Å². The molecule has 124 valence electrons. The average Bonchev–Trinajstić information content (AvgIpc) is 2.53. The van der Waals surface area contributed by atoms with Crippen LogP contribution in [0.15, 0.2) is 36.9 Å². The molecule has 2 amide bonds. The number of carbonyl (C=O) groups excluding carboxylic acids is 2. The van der Waals surface area contributed by atoms with E-state index in [2.05, 4.69) is 11.9 Å². The number of likely N-dealkylation sites (N-methyl/N-ethyl adjacent to an activating group) is 1. The number of carbonyl (C=O) groups is 2. The van der Waals surface area contributed by atoms with E-state index < -0.39 is 24.8 Å². The molecule has 0 spiro atoms. The van der Waals surface area contributed by atoms with E-state index in [1.807, 2.05) is 0 Å². The highest BCUT2D eigenvalue weighted by atomic mass is 19.1. The van der Waals surface area contributed by atoms with Gasteiger partial charge in [0.05, 0.1) is 12.5 Å². The van der Waals surface area contributed by atoms with Crippen molar-refractivity contribution in [1.82, 2.24) is 10.2 Å². The summed E-state index contributed by atoms with van der Waals surface area (Å²) in [6.45, 7) is 5.18. The zero-order valence-electron chi connectivity index (χ0n) is 12.9. The predicted octanol–water partition coefficient (Wildman–Crippen LogP) is -0.100. The Morgan fingerprint density at radius 2 is 2.00 bits per heavy atom. The first-order chi connectivity index (χ1) is 10.9. The Bertz CT molecular complexity index is 551. The Hall–Kier alpha value is -2.19. The van der Waals surface area contributed by atoms with Gasteiger partial charge in [-0.05, 0) is 37.1 Å². The van der Waals surface area contributed by atoms with Gasteiger partial charge >= 0.3 is 7.12 Å². The normalized spacial score (nSPS) is 11.5. The van der Waals surface area contributed by atoms with E-state index in [-0.39, 0.29) is 18.9 Å². The molecule has 8 heteroatoms. The zero-order valence-corrected chi connectivity index (χ0v) is 12.9. The van der Waals surface area contributed by atoms with Crippen molar-refractivity contribution in [2.24, 2.45) is 0 Å². The van der Waals surface area contributed by atoms with Gasteiger partial charge in [0.15, 0.2) is 0 Å². The molecule has 0 aromatic heterocycles. The van der Waals surface area contributed by atoms with Crippen molar-refractivity contribution in [2.45, 2.75) is 19.3 Å². The monoisotopic (exact) mass is 322 g/mol. The lowest BCUT2D eigenvalue weighted by Crippen LogP contribution is -2.51. The fraction of sp³-hybridized carbons (Fsp3) is 0.333. The molecule has 0 unspecified atom stereocenters. The summed E-state index contributed by atoms with van der Waals surface area (Å²) in [4.78, 5) is 24.8. The first-order valence-electron chi connectivity index (χ1n) is 7.18.